The summed E-state index contributed by atoms with van der Waals surface area (Å²) < 4.78 is 16.5. The minimum Gasteiger partial charge on any atom is -0.492 e. The van der Waals surface area contributed by atoms with Gasteiger partial charge in [0.15, 0.2) is 12.3 Å². The summed E-state index contributed by atoms with van der Waals surface area (Å²) in [6.45, 7) is -0.355. The highest BCUT2D eigenvalue weighted by Crippen LogP contribution is 2.07. The van der Waals surface area contributed by atoms with Crippen LogP contribution in [0.3, 0.4) is 0 Å². The van der Waals surface area contributed by atoms with Crippen molar-refractivity contribution in [2.24, 2.45) is 0 Å². The maximum absolute atomic E-state index is 12.2. The summed E-state index contributed by atoms with van der Waals surface area (Å²) in [6.07, 6.45) is 1.45. The molecule has 0 saturated heterocycles. The van der Waals surface area contributed by atoms with Crippen molar-refractivity contribution in [1.82, 2.24) is 20.4 Å². The summed E-state index contributed by atoms with van der Waals surface area (Å²) in [7, 11) is 0. The zero-order valence-electron chi connectivity index (χ0n) is 16.9. The summed E-state index contributed by atoms with van der Waals surface area (Å²) >= 11 is 0. The average molecular weight is 440 g/mol. The van der Waals surface area contributed by atoms with Crippen LogP contribution in [0.4, 0.5) is 4.79 Å². The maximum atomic E-state index is 12.2. The van der Waals surface area contributed by atoms with E-state index in [1.165, 1.54) is 12.3 Å². The Hall–Kier alpha value is -4.41. The Balaban J connectivity index is 1.44. The molecule has 11 nitrogen and oxygen atoms in total. The molecule has 166 valence electrons. The number of esters is 1. The van der Waals surface area contributed by atoms with Gasteiger partial charge in [0, 0.05) is 6.07 Å². The van der Waals surface area contributed by atoms with Crippen LogP contribution in [0.1, 0.15) is 16.2 Å². The average Bonchev–Trinajstić information content (AvgIpc) is 3.32. The molecule has 0 fully saturated rings. The summed E-state index contributed by atoms with van der Waals surface area (Å²) in [4.78, 5) is 47.5. The van der Waals surface area contributed by atoms with Crippen molar-refractivity contribution in [3.8, 4) is 5.75 Å². The van der Waals surface area contributed by atoms with Crippen LogP contribution in [-0.2, 0) is 22.6 Å². The van der Waals surface area contributed by atoms with E-state index in [0.717, 1.165) is 10.7 Å². The number of amides is 3. The van der Waals surface area contributed by atoms with Crippen molar-refractivity contribution >= 4 is 17.9 Å². The molecule has 0 spiro atoms. The highest BCUT2D eigenvalue weighted by atomic mass is 16.5. The lowest BCUT2D eigenvalue weighted by Gasteiger charge is -2.09. The van der Waals surface area contributed by atoms with E-state index in [4.69, 9.17) is 13.9 Å². The van der Waals surface area contributed by atoms with Gasteiger partial charge in [-0.15, -0.1) is 0 Å². The number of hydrogen-bond donors (Lipinski definition) is 2. The molecule has 0 unspecified atom stereocenters. The van der Waals surface area contributed by atoms with Crippen molar-refractivity contribution in [1.29, 1.82) is 0 Å². The van der Waals surface area contributed by atoms with Gasteiger partial charge in [-0.1, -0.05) is 18.2 Å². The molecule has 0 aliphatic rings. The van der Waals surface area contributed by atoms with Crippen molar-refractivity contribution in [3.05, 3.63) is 82.7 Å². The highest BCUT2D eigenvalue weighted by Gasteiger charge is 2.15. The van der Waals surface area contributed by atoms with Crippen LogP contribution in [0, 0.1) is 0 Å². The van der Waals surface area contributed by atoms with Crippen molar-refractivity contribution in [2.75, 3.05) is 13.2 Å². The third kappa shape index (κ3) is 6.83. The van der Waals surface area contributed by atoms with Crippen LogP contribution >= 0.6 is 0 Å². The Kier molecular flexibility index (Phi) is 7.73. The van der Waals surface area contributed by atoms with E-state index in [9.17, 15) is 19.2 Å². The van der Waals surface area contributed by atoms with Crippen molar-refractivity contribution in [2.45, 2.75) is 13.1 Å². The van der Waals surface area contributed by atoms with E-state index >= 15 is 0 Å². The summed E-state index contributed by atoms with van der Waals surface area (Å²) in [5.74, 6) is -0.613. The van der Waals surface area contributed by atoms with E-state index in [1.807, 2.05) is 23.5 Å². The van der Waals surface area contributed by atoms with Gasteiger partial charge in [0.25, 0.3) is 11.5 Å². The molecule has 3 rings (SSSR count). The number of urea groups is 1. The zero-order chi connectivity index (χ0) is 22.8. The van der Waals surface area contributed by atoms with Crippen molar-refractivity contribution < 1.29 is 28.3 Å². The lowest BCUT2D eigenvalue weighted by Crippen LogP contribution is -2.41. The predicted octanol–water partition coefficient (Wildman–Crippen LogP) is 1.10. The predicted molar refractivity (Wildman–Crippen MR) is 110 cm³/mol. The second-order valence-corrected chi connectivity index (χ2v) is 6.33. The molecule has 1 aromatic carbocycles. The number of furan rings is 1. The van der Waals surface area contributed by atoms with Crippen LogP contribution in [0.25, 0.3) is 0 Å². The number of imide groups is 1. The largest absolute Gasteiger partial charge is 0.492 e. The molecule has 2 aromatic heterocycles. The van der Waals surface area contributed by atoms with E-state index in [-0.39, 0.29) is 25.4 Å². The van der Waals surface area contributed by atoms with Crippen LogP contribution in [-0.4, -0.2) is 40.9 Å². The van der Waals surface area contributed by atoms with Gasteiger partial charge in [-0.3, -0.25) is 14.9 Å². The monoisotopic (exact) mass is 440 g/mol. The van der Waals surface area contributed by atoms with Crippen LogP contribution in [0.5, 0.6) is 5.75 Å². The summed E-state index contributed by atoms with van der Waals surface area (Å²) in [5.41, 5.74) is -0.594. The number of rotatable bonds is 9. The molecule has 0 atom stereocenters. The topological polar surface area (TPSA) is 142 Å². The van der Waals surface area contributed by atoms with Gasteiger partial charge < -0.3 is 19.2 Å². The van der Waals surface area contributed by atoms with Gasteiger partial charge in [0.1, 0.15) is 18.1 Å². The zero-order valence-corrected chi connectivity index (χ0v) is 16.9. The second-order valence-electron chi connectivity index (χ2n) is 6.33. The van der Waals surface area contributed by atoms with Gasteiger partial charge in [-0.2, -0.15) is 5.10 Å². The lowest BCUT2D eigenvalue weighted by molar-refractivity contribution is -0.123. The minimum absolute atomic E-state index is 0.0886. The number of nitrogens with zero attached hydrogens (tertiary/aromatic N) is 2. The second kappa shape index (κ2) is 11.1. The number of ether oxygens (including phenoxy) is 2. The van der Waals surface area contributed by atoms with E-state index in [0.29, 0.717) is 11.5 Å². The molecule has 0 aliphatic heterocycles. The Morgan fingerprint density at radius 3 is 2.59 bits per heavy atom. The molecule has 0 saturated carbocycles. The molecule has 32 heavy (non-hydrogen) atoms. The van der Waals surface area contributed by atoms with Crippen LogP contribution in [0.2, 0.25) is 0 Å². The molecule has 0 bridgehead atoms. The molecule has 0 aliphatic carbocycles. The van der Waals surface area contributed by atoms with Gasteiger partial charge in [-0.25, -0.2) is 14.3 Å². The number of para-hydroxylation sites is 1. The smallest absolute Gasteiger partial charge is 0.359 e. The number of benzene rings is 1. The number of carbonyl (C=O) groups is 3. The SMILES string of the molecule is O=C(COC(=O)c1ccc(=O)n(CCOc2ccccc2)n1)NC(=O)NCc1ccco1. The van der Waals surface area contributed by atoms with E-state index in [2.05, 4.69) is 10.4 Å². The molecule has 0 radical (unpaired) electrons. The van der Waals surface area contributed by atoms with Gasteiger partial charge in [0.05, 0.1) is 19.4 Å². The highest BCUT2D eigenvalue weighted by molar-refractivity contribution is 5.96. The Labute approximate surface area is 181 Å². The Morgan fingerprint density at radius 1 is 1.03 bits per heavy atom. The summed E-state index contributed by atoms with van der Waals surface area (Å²) in [5, 5.41) is 8.35. The number of aromatic nitrogens is 2. The van der Waals surface area contributed by atoms with Gasteiger partial charge in [-0.05, 0) is 30.3 Å². The molecule has 2 heterocycles. The first-order valence-electron chi connectivity index (χ1n) is 9.54. The number of carbonyl (C=O) groups excluding carboxylic acids is 3. The third-order valence-electron chi connectivity index (χ3n) is 3.98. The molecular weight excluding hydrogens is 420 g/mol. The van der Waals surface area contributed by atoms with E-state index < -0.39 is 30.1 Å². The van der Waals surface area contributed by atoms with Gasteiger partial charge >= 0.3 is 12.0 Å². The van der Waals surface area contributed by atoms with Crippen molar-refractivity contribution in [3.63, 3.8) is 0 Å². The molecular formula is C21H20N4O7. The Morgan fingerprint density at radius 2 is 1.84 bits per heavy atom. The minimum atomic E-state index is -0.922. The third-order valence-corrected chi connectivity index (χ3v) is 3.98. The first kappa shape index (κ1) is 22.3. The van der Waals surface area contributed by atoms with Crippen LogP contribution in [0.15, 0.2) is 70.1 Å². The van der Waals surface area contributed by atoms with E-state index in [1.54, 1.807) is 24.3 Å². The quantitative estimate of drug-likeness (QED) is 0.471. The fourth-order valence-corrected chi connectivity index (χ4v) is 2.48. The molecule has 11 heteroatoms. The fourth-order valence-electron chi connectivity index (χ4n) is 2.48. The van der Waals surface area contributed by atoms with Gasteiger partial charge in [0.2, 0.25) is 0 Å². The summed E-state index contributed by atoms with van der Waals surface area (Å²) in [6, 6.07) is 13.9. The standard InChI is InChI=1S/C21H20N4O7/c26-18(23-21(29)22-13-16-7-4-11-30-16)14-32-20(28)17-8-9-19(27)25(24-17)10-12-31-15-5-2-1-3-6-15/h1-9,11H,10,12-14H2,(H2,22,23,26,29). The normalized spacial score (nSPS) is 10.2. The molecule has 3 amide bonds. The fraction of sp³-hybridized carbons (Fsp3) is 0.190. The first-order chi connectivity index (χ1) is 15.5. The number of hydrogen-bond acceptors (Lipinski definition) is 8. The lowest BCUT2D eigenvalue weighted by atomic mass is 10.3. The number of nitrogens with one attached hydrogen (secondary N) is 2. The molecule has 2 N–H and O–H groups in total. The Bertz CT molecular complexity index is 1110. The maximum Gasteiger partial charge on any atom is 0.359 e. The first-order valence-corrected chi connectivity index (χ1v) is 9.54. The van der Waals surface area contributed by atoms with Crippen LogP contribution < -0.4 is 20.9 Å². The molecule has 3 aromatic rings.